The Morgan fingerprint density at radius 2 is 1.66 bits per heavy atom. The van der Waals surface area contributed by atoms with Gasteiger partial charge in [-0.2, -0.15) is 0 Å². The number of amides is 3. The Hall–Kier alpha value is -2.99. The van der Waals surface area contributed by atoms with Crippen molar-refractivity contribution in [1.29, 1.82) is 0 Å². The average molecular weight is 476 g/mol. The first-order valence-corrected chi connectivity index (χ1v) is 12.9. The van der Waals surface area contributed by atoms with Crippen LogP contribution < -0.4 is 4.90 Å². The molecule has 2 fully saturated rings. The van der Waals surface area contributed by atoms with Crippen LogP contribution in [0.3, 0.4) is 0 Å². The number of hydrogen-bond acceptors (Lipinski definition) is 4. The Kier molecular flexibility index (Phi) is 8.01. The summed E-state index contributed by atoms with van der Waals surface area (Å²) in [6, 6.07) is 17.3. The summed E-state index contributed by atoms with van der Waals surface area (Å²) in [5.41, 5.74) is 3.03. The van der Waals surface area contributed by atoms with Crippen LogP contribution in [0.4, 0.5) is 5.69 Å². The van der Waals surface area contributed by atoms with Crippen LogP contribution in [-0.2, 0) is 20.9 Å². The maximum Gasteiger partial charge on any atom is 0.257 e. The molecule has 2 saturated heterocycles. The third-order valence-electron chi connectivity index (χ3n) is 7.23. The van der Waals surface area contributed by atoms with Gasteiger partial charge >= 0.3 is 0 Å². The normalized spacial score (nSPS) is 19.5. The van der Waals surface area contributed by atoms with E-state index in [1.54, 1.807) is 4.90 Å². The summed E-state index contributed by atoms with van der Waals surface area (Å²) in [4.78, 5) is 45.2. The van der Waals surface area contributed by atoms with E-state index < -0.39 is 6.04 Å². The summed E-state index contributed by atoms with van der Waals surface area (Å²) in [6.07, 6.45) is 2.79. The number of nitrogens with zero attached hydrogens (tertiary/aromatic N) is 3. The van der Waals surface area contributed by atoms with Crippen LogP contribution in [0, 0.1) is 0 Å². The summed E-state index contributed by atoms with van der Waals surface area (Å²) < 4.78 is 0. The van der Waals surface area contributed by atoms with Gasteiger partial charge in [0.1, 0.15) is 6.04 Å². The zero-order valence-electron chi connectivity index (χ0n) is 21.2. The van der Waals surface area contributed by atoms with Crippen molar-refractivity contribution in [1.82, 2.24) is 9.80 Å². The van der Waals surface area contributed by atoms with Crippen molar-refractivity contribution in [3.05, 3.63) is 65.7 Å². The van der Waals surface area contributed by atoms with Gasteiger partial charge in [0, 0.05) is 32.1 Å². The molecule has 3 amide bonds. The highest BCUT2D eigenvalue weighted by Crippen LogP contribution is 2.31. The van der Waals surface area contributed by atoms with Crippen molar-refractivity contribution >= 4 is 23.4 Å². The van der Waals surface area contributed by atoms with Crippen molar-refractivity contribution in [2.24, 2.45) is 0 Å². The molecule has 4 rings (SSSR count). The predicted molar refractivity (Wildman–Crippen MR) is 138 cm³/mol. The van der Waals surface area contributed by atoms with Gasteiger partial charge in [-0.25, -0.2) is 4.90 Å². The maximum atomic E-state index is 13.5. The third-order valence-corrected chi connectivity index (χ3v) is 7.23. The standard InChI is InChI=1S/C29H37N3O3/c1-4-8-27(33)31(25-15-17-30(18-16-25)20-22-9-6-5-7-10-22)26-19-28(34)32(29(26)35)24-13-11-23(12-14-24)21(2)3/h5-7,9-14,21,25-26H,4,8,15-20H2,1-3H3. The number of rotatable bonds is 8. The molecule has 2 aliphatic heterocycles. The zero-order chi connectivity index (χ0) is 24.9. The van der Waals surface area contributed by atoms with Crippen LogP contribution in [0.25, 0.3) is 0 Å². The number of benzene rings is 2. The Morgan fingerprint density at radius 1 is 1.00 bits per heavy atom. The number of likely N-dealkylation sites (tertiary alicyclic amines) is 1. The predicted octanol–water partition coefficient (Wildman–Crippen LogP) is 4.74. The number of carbonyl (C=O) groups is 3. The number of carbonyl (C=O) groups excluding carboxylic acids is 3. The van der Waals surface area contributed by atoms with Crippen LogP contribution in [-0.4, -0.2) is 52.7 Å². The van der Waals surface area contributed by atoms with Gasteiger partial charge in [-0.3, -0.25) is 19.3 Å². The van der Waals surface area contributed by atoms with Crippen LogP contribution in [0.15, 0.2) is 54.6 Å². The molecule has 1 atom stereocenters. The summed E-state index contributed by atoms with van der Waals surface area (Å²) in [5.74, 6) is -0.148. The highest BCUT2D eigenvalue weighted by atomic mass is 16.2. The fraction of sp³-hybridized carbons (Fsp3) is 0.483. The molecule has 0 aliphatic carbocycles. The van der Waals surface area contributed by atoms with Gasteiger partial charge < -0.3 is 4.90 Å². The molecular formula is C29H37N3O3. The molecule has 0 aromatic heterocycles. The number of piperidine rings is 1. The van der Waals surface area contributed by atoms with E-state index in [4.69, 9.17) is 0 Å². The van der Waals surface area contributed by atoms with Gasteiger partial charge in [-0.05, 0) is 48.4 Å². The second-order valence-corrected chi connectivity index (χ2v) is 10.1. The van der Waals surface area contributed by atoms with Gasteiger partial charge in [0.05, 0.1) is 12.1 Å². The van der Waals surface area contributed by atoms with Crippen LogP contribution >= 0.6 is 0 Å². The first kappa shape index (κ1) is 25.1. The molecule has 2 aromatic carbocycles. The lowest BCUT2D eigenvalue weighted by molar-refractivity contribution is -0.142. The highest BCUT2D eigenvalue weighted by molar-refractivity contribution is 6.23. The quantitative estimate of drug-likeness (QED) is 0.518. The lowest BCUT2D eigenvalue weighted by Crippen LogP contribution is -2.54. The molecule has 0 radical (unpaired) electrons. The molecule has 0 spiro atoms. The van der Waals surface area contributed by atoms with E-state index in [2.05, 4.69) is 43.0 Å². The molecule has 0 bridgehead atoms. The summed E-state index contributed by atoms with van der Waals surface area (Å²) in [5, 5.41) is 0. The minimum atomic E-state index is -0.711. The number of imide groups is 1. The molecular weight excluding hydrogens is 438 g/mol. The summed E-state index contributed by atoms with van der Waals surface area (Å²) in [7, 11) is 0. The smallest absolute Gasteiger partial charge is 0.257 e. The van der Waals surface area contributed by atoms with Gasteiger partial charge in [-0.1, -0.05) is 63.2 Å². The molecule has 1 unspecified atom stereocenters. The molecule has 186 valence electrons. The molecule has 6 nitrogen and oxygen atoms in total. The zero-order valence-corrected chi connectivity index (χ0v) is 21.2. The Bertz CT molecular complexity index is 1030. The lowest BCUT2D eigenvalue weighted by atomic mass is 9.99. The average Bonchev–Trinajstić information content (AvgIpc) is 3.14. The van der Waals surface area contributed by atoms with Crippen molar-refractivity contribution in [3.63, 3.8) is 0 Å². The maximum absolute atomic E-state index is 13.5. The van der Waals surface area contributed by atoms with Crippen molar-refractivity contribution in [2.75, 3.05) is 18.0 Å². The molecule has 35 heavy (non-hydrogen) atoms. The third kappa shape index (κ3) is 5.64. The van der Waals surface area contributed by atoms with Gasteiger partial charge in [0.2, 0.25) is 11.8 Å². The Morgan fingerprint density at radius 3 is 2.26 bits per heavy atom. The fourth-order valence-electron chi connectivity index (χ4n) is 5.28. The minimum absolute atomic E-state index is 0.0165. The van der Waals surface area contributed by atoms with E-state index in [1.807, 2.05) is 37.3 Å². The largest absolute Gasteiger partial charge is 0.327 e. The van der Waals surface area contributed by atoms with E-state index in [9.17, 15) is 14.4 Å². The van der Waals surface area contributed by atoms with Gasteiger partial charge in [0.25, 0.3) is 5.91 Å². The van der Waals surface area contributed by atoms with Crippen molar-refractivity contribution < 1.29 is 14.4 Å². The van der Waals surface area contributed by atoms with Crippen LogP contribution in [0.2, 0.25) is 0 Å². The topological polar surface area (TPSA) is 60.9 Å². The monoisotopic (exact) mass is 475 g/mol. The molecule has 0 N–H and O–H groups in total. The van der Waals surface area contributed by atoms with Gasteiger partial charge in [0.15, 0.2) is 0 Å². The lowest BCUT2D eigenvalue weighted by Gasteiger charge is -2.40. The molecule has 2 heterocycles. The summed E-state index contributed by atoms with van der Waals surface area (Å²) in [6.45, 7) is 8.81. The van der Waals surface area contributed by atoms with E-state index in [1.165, 1.54) is 10.5 Å². The molecule has 2 aliphatic rings. The van der Waals surface area contributed by atoms with E-state index in [0.29, 0.717) is 18.0 Å². The van der Waals surface area contributed by atoms with Crippen LogP contribution in [0.1, 0.15) is 69.9 Å². The first-order chi connectivity index (χ1) is 16.9. The fourth-order valence-corrected chi connectivity index (χ4v) is 5.28. The van der Waals surface area contributed by atoms with Gasteiger partial charge in [-0.15, -0.1) is 0 Å². The van der Waals surface area contributed by atoms with Crippen molar-refractivity contribution in [2.45, 2.75) is 77.4 Å². The second-order valence-electron chi connectivity index (χ2n) is 10.1. The SMILES string of the molecule is CCCC(=O)N(C1CCN(Cc2ccccc2)CC1)C1CC(=O)N(c2ccc(C(C)C)cc2)C1=O. The molecule has 0 saturated carbocycles. The van der Waals surface area contributed by atoms with E-state index >= 15 is 0 Å². The van der Waals surface area contributed by atoms with Crippen LogP contribution in [0.5, 0.6) is 0 Å². The second kappa shape index (κ2) is 11.2. The molecule has 2 aromatic rings. The first-order valence-electron chi connectivity index (χ1n) is 12.9. The highest BCUT2D eigenvalue weighted by Gasteiger charge is 2.46. The van der Waals surface area contributed by atoms with E-state index in [0.717, 1.165) is 44.5 Å². The minimum Gasteiger partial charge on any atom is -0.327 e. The number of hydrogen-bond donors (Lipinski definition) is 0. The van der Waals surface area contributed by atoms with E-state index in [-0.39, 0.29) is 30.2 Å². The Labute approximate surface area is 208 Å². The summed E-state index contributed by atoms with van der Waals surface area (Å²) >= 11 is 0. The van der Waals surface area contributed by atoms with Crippen molar-refractivity contribution in [3.8, 4) is 0 Å². The molecule has 6 heteroatoms. The Balaban J connectivity index is 1.48. The number of anilines is 1.